The van der Waals surface area contributed by atoms with Gasteiger partial charge in [-0.05, 0) is 42.0 Å². The lowest BCUT2D eigenvalue weighted by Gasteiger charge is -2.17. The summed E-state index contributed by atoms with van der Waals surface area (Å²) in [4.78, 5) is 23.9. The first-order chi connectivity index (χ1) is 16.8. The van der Waals surface area contributed by atoms with Gasteiger partial charge in [0.25, 0.3) is 0 Å². The van der Waals surface area contributed by atoms with E-state index in [0.717, 1.165) is 0 Å². The van der Waals surface area contributed by atoms with Crippen LogP contribution in [-0.2, 0) is 23.7 Å². The van der Waals surface area contributed by atoms with Crippen molar-refractivity contribution < 1.29 is 18.0 Å². The molecule has 0 radical (unpaired) electrons. The largest absolute Gasteiger partial charge is 0.361 e. The molecule has 4 aromatic rings. The Hall–Kier alpha value is -3.99. The van der Waals surface area contributed by atoms with Crippen LogP contribution in [0.1, 0.15) is 16.8 Å². The molecule has 2 N–H and O–H groups in total. The normalized spacial score (nSPS) is 11.3. The Morgan fingerprint density at radius 1 is 1.09 bits per heavy atom. The number of benzene rings is 1. The molecule has 35 heavy (non-hydrogen) atoms. The number of amides is 1. The van der Waals surface area contributed by atoms with Gasteiger partial charge in [-0.25, -0.2) is 19.0 Å². The van der Waals surface area contributed by atoms with Gasteiger partial charge < -0.3 is 10.6 Å². The van der Waals surface area contributed by atoms with Crippen LogP contribution in [0.4, 0.5) is 19.0 Å². The molecular formula is C23H19ClF3N7O. The van der Waals surface area contributed by atoms with Crippen molar-refractivity contribution in [2.75, 3.05) is 11.9 Å². The first-order valence-electron chi connectivity index (χ1n) is 10.4. The molecule has 0 saturated heterocycles. The molecule has 0 aliphatic carbocycles. The van der Waals surface area contributed by atoms with E-state index in [9.17, 15) is 18.0 Å². The number of carbonyl (C=O) groups excluding carboxylic acids is 1. The molecule has 0 spiro atoms. The maximum absolute atomic E-state index is 14.9. The molecule has 180 valence electrons. The van der Waals surface area contributed by atoms with E-state index in [4.69, 9.17) is 11.6 Å². The topological polar surface area (TPSA) is 97.6 Å². The number of hydrogen-bond donors (Lipinski definition) is 2. The van der Waals surface area contributed by atoms with E-state index < -0.39 is 29.9 Å². The molecular weight excluding hydrogens is 483 g/mol. The number of rotatable bonds is 9. The fourth-order valence-electron chi connectivity index (χ4n) is 3.29. The maximum atomic E-state index is 14.9. The van der Waals surface area contributed by atoms with Gasteiger partial charge in [-0.3, -0.25) is 9.78 Å². The quantitative estimate of drug-likeness (QED) is 0.361. The number of carbonyl (C=O) groups is 1. The van der Waals surface area contributed by atoms with E-state index in [1.807, 2.05) is 0 Å². The number of halogens is 4. The van der Waals surface area contributed by atoms with Gasteiger partial charge in [-0.1, -0.05) is 17.7 Å². The van der Waals surface area contributed by atoms with Crippen molar-refractivity contribution >= 4 is 23.3 Å². The van der Waals surface area contributed by atoms with Crippen molar-refractivity contribution in [3.8, 4) is 5.69 Å². The first-order valence-corrected chi connectivity index (χ1v) is 10.8. The van der Waals surface area contributed by atoms with Crippen LogP contribution in [0.3, 0.4) is 0 Å². The van der Waals surface area contributed by atoms with Crippen LogP contribution in [0.25, 0.3) is 5.69 Å². The van der Waals surface area contributed by atoms with E-state index in [0.29, 0.717) is 16.3 Å². The summed E-state index contributed by atoms with van der Waals surface area (Å²) in [5.41, 5.74) is 0.895. The first kappa shape index (κ1) is 24.1. The summed E-state index contributed by atoms with van der Waals surface area (Å²) in [5, 5.41) is 9.57. The van der Waals surface area contributed by atoms with Gasteiger partial charge in [0.1, 0.15) is 18.3 Å². The van der Waals surface area contributed by atoms with Gasteiger partial charge in [0, 0.05) is 29.5 Å². The fraction of sp³-hybridized carbons (Fsp3) is 0.174. The lowest BCUT2D eigenvalue weighted by atomic mass is 10.1. The third kappa shape index (κ3) is 5.93. The van der Waals surface area contributed by atoms with Crippen molar-refractivity contribution in [2.24, 2.45) is 0 Å². The van der Waals surface area contributed by atoms with Crippen LogP contribution in [0.15, 0.2) is 67.5 Å². The van der Waals surface area contributed by atoms with Gasteiger partial charge in [0.2, 0.25) is 5.91 Å². The van der Waals surface area contributed by atoms with Crippen LogP contribution in [0, 0.1) is 5.82 Å². The molecule has 0 aliphatic heterocycles. The van der Waals surface area contributed by atoms with Crippen molar-refractivity contribution in [2.45, 2.75) is 18.9 Å². The predicted octanol–water partition coefficient (Wildman–Crippen LogP) is 3.91. The molecule has 0 bridgehead atoms. The Morgan fingerprint density at radius 2 is 1.94 bits per heavy atom. The van der Waals surface area contributed by atoms with E-state index in [1.165, 1.54) is 54.0 Å². The highest BCUT2D eigenvalue weighted by molar-refractivity contribution is 6.30. The number of alkyl halides is 2. The molecule has 3 heterocycles. The lowest BCUT2D eigenvalue weighted by molar-refractivity contribution is -0.120. The van der Waals surface area contributed by atoms with Gasteiger partial charge in [0.15, 0.2) is 11.6 Å². The Kier molecular flexibility index (Phi) is 7.25. The summed E-state index contributed by atoms with van der Waals surface area (Å²) >= 11 is 6.08. The van der Waals surface area contributed by atoms with E-state index >= 15 is 0 Å². The summed E-state index contributed by atoms with van der Waals surface area (Å²) in [5.74, 6) is -5.09. The zero-order valence-electron chi connectivity index (χ0n) is 18.1. The van der Waals surface area contributed by atoms with Gasteiger partial charge in [0.05, 0.1) is 18.7 Å². The fourth-order valence-corrected chi connectivity index (χ4v) is 3.48. The Balaban J connectivity index is 1.40. The molecule has 3 aromatic heterocycles. The molecule has 12 heteroatoms. The molecule has 1 amide bonds. The van der Waals surface area contributed by atoms with Crippen LogP contribution in [0.5, 0.6) is 0 Å². The minimum absolute atomic E-state index is 0.00347. The van der Waals surface area contributed by atoms with Crippen molar-refractivity contribution in [1.82, 2.24) is 30.0 Å². The Bertz CT molecular complexity index is 1300. The average molecular weight is 502 g/mol. The molecule has 0 saturated carbocycles. The van der Waals surface area contributed by atoms with Crippen LogP contribution in [0.2, 0.25) is 5.02 Å². The third-order valence-electron chi connectivity index (χ3n) is 5.02. The molecule has 0 aliphatic rings. The number of hydrogen-bond acceptors (Lipinski definition) is 6. The summed E-state index contributed by atoms with van der Waals surface area (Å²) in [7, 11) is 0. The van der Waals surface area contributed by atoms with Crippen molar-refractivity contribution in [1.29, 1.82) is 0 Å². The van der Waals surface area contributed by atoms with Gasteiger partial charge in [-0.2, -0.15) is 13.9 Å². The smallest absolute Gasteiger partial charge is 0.306 e. The third-order valence-corrected chi connectivity index (χ3v) is 5.26. The average Bonchev–Trinajstić information content (AvgIpc) is 3.39. The van der Waals surface area contributed by atoms with E-state index in [1.54, 1.807) is 18.2 Å². The highest BCUT2D eigenvalue weighted by Gasteiger charge is 2.33. The standard InChI is InChI=1S/C23H19ClF3N7O/c24-17-4-5-18(34-14-28-13-33-34)16(9-17)11-31-20(35)10-15-6-8-30-22(21(15)25)32-12-23(26,27)19-3-1-2-7-29-19/h1-9,13-14H,10-12H2,(H,30,32)(H,31,35). The Labute approximate surface area is 203 Å². The number of nitrogens with zero attached hydrogens (tertiary/aromatic N) is 5. The highest BCUT2D eigenvalue weighted by atomic mass is 35.5. The summed E-state index contributed by atoms with van der Waals surface area (Å²) in [6.45, 7) is -0.813. The predicted molar refractivity (Wildman–Crippen MR) is 123 cm³/mol. The molecule has 0 fully saturated rings. The monoisotopic (exact) mass is 501 g/mol. The van der Waals surface area contributed by atoms with Crippen molar-refractivity contribution in [3.05, 3.63) is 95.2 Å². The zero-order chi connectivity index (χ0) is 24.8. The Morgan fingerprint density at radius 3 is 2.69 bits per heavy atom. The van der Waals surface area contributed by atoms with Crippen LogP contribution in [-0.4, -0.2) is 37.2 Å². The summed E-state index contributed by atoms with van der Waals surface area (Å²) in [6, 6.07) is 10.5. The van der Waals surface area contributed by atoms with E-state index in [-0.39, 0.29) is 24.3 Å². The molecule has 8 nitrogen and oxygen atoms in total. The summed E-state index contributed by atoms with van der Waals surface area (Å²) < 4.78 is 45.1. The second-order valence-corrected chi connectivity index (χ2v) is 7.91. The number of anilines is 1. The second kappa shape index (κ2) is 10.5. The molecule has 1 aromatic carbocycles. The molecule has 4 rings (SSSR count). The maximum Gasteiger partial charge on any atom is 0.306 e. The minimum Gasteiger partial charge on any atom is -0.361 e. The minimum atomic E-state index is -3.35. The number of aromatic nitrogens is 5. The van der Waals surface area contributed by atoms with Crippen molar-refractivity contribution in [3.63, 3.8) is 0 Å². The number of nitrogens with one attached hydrogen (secondary N) is 2. The molecule has 0 unspecified atom stereocenters. The van der Waals surface area contributed by atoms with Crippen LogP contribution < -0.4 is 10.6 Å². The molecule has 0 atom stereocenters. The van der Waals surface area contributed by atoms with E-state index in [2.05, 4.69) is 30.7 Å². The SMILES string of the molecule is O=C(Cc1ccnc(NCC(F)(F)c2ccccn2)c1F)NCc1cc(Cl)ccc1-n1cncn1. The lowest BCUT2D eigenvalue weighted by Crippen LogP contribution is -2.27. The zero-order valence-corrected chi connectivity index (χ0v) is 18.9. The summed E-state index contributed by atoms with van der Waals surface area (Å²) in [6.07, 6.45) is 5.05. The van der Waals surface area contributed by atoms with Gasteiger partial charge >= 0.3 is 5.92 Å². The van der Waals surface area contributed by atoms with Crippen LogP contribution >= 0.6 is 11.6 Å². The highest BCUT2D eigenvalue weighted by Crippen LogP contribution is 2.27. The van der Waals surface area contributed by atoms with Gasteiger partial charge in [-0.15, -0.1) is 0 Å². The second-order valence-electron chi connectivity index (χ2n) is 7.47. The number of pyridine rings is 2.